The minimum atomic E-state index is -3.40. The Labute approximate surface area is 130 Å². The lowest BCUT2D eigenvalue weighted by Gasteiger charge is -2.29. The van der Waals surface area contributed by atoms with E-state index in [9.17, 15) is 8.42 Å². The molecule has 0 bridgehead atoms. The first-order chi connectivity index (χ1) is 9.43. The van der Waals surface area contributed by atoms with Crippen molar-refractivity contribution in [2.75, 3.05) is 19.8 Å². The third-order valence-corrected chi connectivity index (χ3v) is 7.65. The van der Waals surface area contributed by atoms with Crippen molar-refractivity contribution < 1.29 is 8.42 Å². The van der Waals surface area contributed by atoms with Crippen molar-refractivity contribution in [2.45, 2.75) is 42.9 Å². The average molecular weight is 337 g/mol. The van der Waals surface area contributed by atoms with Crippen LogP contribution in [0, 0.1) is 0 Å². The van der Waals surface area contributed by atoms with E-state index in [1.54, 1.807) is 23.2 Å². The highest BCUT2D eigenvalue weighted by Gasteiger charge is 2.27. The van der Waals surface area contributed by atoms with E-state index in [1.807, 2.05) is 13.3 Å². The van der Waals surface area contributed by atoms with Crippen molar-refractivity contribution in [3.63, 3.8) is 0 Å². The van der Waals surface area contributed by atoms with E-state index in [0.29, 0.717) is 18.0 Å². The number of rotatable bonds is 9. The smallest absolute Gasteiger partial charge is 0.241 e. The van der Waals surface area contributed by atoms with E-state index in [4.69, 9.17) is 0 Å². The van der Waals surface area contributed by atoms with E-state index in [-0.39, 0.29) is 4.75 Å². The van der Waals surface area contributed by atoms with Crippen LogP contribution >= 0.6 is 23.1 Å². The lowest BCUT2D eigenvalue weighted by Crippen LogP contribution is -2.39. The van der Waals surface area contributed by atoms with Crippen LogP contribution in [0.3, 0.4) is 0 Å². The normalized spacial score (nSPS) is 12.8. The molecule has 0 aromatic carbocycles. The Balaban J connectivity index is 2.78. The lowest BCUT2D eigenvalue weighted by molar-refractivity contribution is 0.522. The third kappa shape index (κ3) is 4.46. The summed E-state index contributed by atoms with van der Waals surface area (Å²) in [5.41, 5.74) is 0. The highest BCUT2D eigenvalue weighted by atomic mass is 32.2. The zero-order valence-electron chi connectivity index (χ0n) is 12.5. The van der Waals surface area contributed by atoms with Gasteiger partial charge in [-0.2, -0.15) is 11.8 Å². The van der Waals surface area contributed by atoms with Crippen LogP contribution in [0.4, 0.5) is 0 Å². The van der Waals surface area contributed by atoms with Gasteiger partial charge in [0.1, 0.15) is 0 Å². The van der Waals surface area contributed by atoms with Crippen LogP contribution in [0.1, 0.15) is 31.6 Å². The Bertz CT molecular complexity index is 499. The molecule has 0 aliphatic rings. The Morgan fingerprint density at radius 1 is 1.35 bits per heavy atom. The second-order valence-electron chi connectivity index (χ2n) is 4.70. The van der Waals surface area contributed by atoms with Gasteiger partial charge in [0.15, 0.2) is 0 Å². The number of hydrogen-bond donors (Lipinski definition) is 2. The van der Waals surface area contributed by atoms with Gasteiger partial charge in [0.25, 0.3) is 0 Å². The van der Waals surface area contributed by atoms with Gasteiger partial charge in [-0.1, -0.05) is 13.8 Å². The minimum absolute atomic E-state index is 0.0170. The number of sulfonamides is 1. The second-order valence-corrected chi connectivity index (χ2v) is 8.73. The summed E-state index contributed by atoms with van der Waals surface area (Å²) in [5.74, 6) is 0. The van der Waals surface area contributed by atoms with E-state index >= 15 is 0 Å². The molecule has 0 aliphatic heterocycles. The summed E-state index contributed by atoms with van der Waals surface area (Å²) in [7, 11) is -1.55. The Hall–Kier alpha value is -0.0800. The molecule has 0 radical (unpaired) electrons. The molecule has 1 rings (SSSR count). The molecule has 2 N–H and O–H groups in total. The molecular formula is C13H24N2O2S3. The van der Waals surface area contributed by atoms with Crippen LogP contribution in [0.5, 0.6) is 0 Å². The summed E-state index contributed by atoms with van der Waals surface area (Å²) in [6.07, 6.45) is 3.93. The Kier molecular flexibility index (Phi) is 7.00. The second kappa shape index (κ2) is 7.79. The topological polar surface area (TPSA) is 58.2 Å². The van der Waals surface area contributed by atoms with Gasteiger partial charge >= 0.3 is 0 Å². The fourth-order valence-electron chi connectivity index (χ4n) is 1.94. The third-order valence-electron chi connectivity index (χ3n) is 3.60. The number of nitrogens with one attached hydrogen (secondary N) is 2. The zero-order chi connectivity index (χ0) is 15.2. The van der Waals surface area contributed by atoms with Gasteiger partial charge in [0.2, 0.25) is 10.0 Å². The number of hydrogen-bond acceptors (Lipinski definition) is 5. The molecular weight excluding hydrogens is 312 g/mol. The maximum atomic E-state index is 12.3. The summed E-state index contributed by atoms with van der Waals surface area (Å²) in [5, 5.41) is 4.73. The first-order valence-electron chi connectivity index (χ1n) is 6.70. The quantitative estimate of drug-likeness (QED) is 0.728. The van der Waals surface area contributed by atoms with E-state index in [1.165, 1.54) is 11.3 Å². The van der Waals surface area contributed by atoms with Crippen LogP contribution in [-0.4, -0.2) is 33.0 Å². The zero-order valence-corrected chi connectivity index (χ0v) is 15.0. The van der Waals surface area contributed by atoms with E-state index < -0.39 is 10.0 Å². The van der Waals surface area contributed by atoms with Crippen molar-refractivity contribution in [1.29, 1.82) is 0 Å². The molecule has 0 saturated carbocycles. The van der Waals surface area contributed by atoms with Gasteiger partial charge in [-0.05, 0) is 32.2 Å². The van der Waals surface area contributed by atoms with E-state index in [2.05, 4.69) is 23.9 Å². The largest absolute Gasteiger partial charge is 0.315 e. The molecule has 116 valence electrons. The van der Waals surface area contributed by atoms with Crippen LogP contribution in [-0.2, 0) is 16.6 Å². The predicted octanol–water partition coefficient (Wildman–Crippen LogP) is 2.67. The van der Waals surface area contributed by atoms with Crippen LogP contribution in [0.2, 0.25) is 0 Å². The summed E-state index contributed by atoms with van der Waals surface area (Å²) in [6, 6.07) is 1.74. The highest BCUT2D eigenvalue weighted by molar-refractivity contribution is 8.00. The standard InChI is InChI=1S/C13H24N2O2S3/c1-5-13(6-2,18-4)10-15-20(16,17)12-7-11(8-14-3)19-9-12/h7,9,14-15H,5-6,8,10H2,1-4H3. The molecule has 1 heterocycles. The molecule has 0 saturated heterocycles. The van der Waals surface area contributed by atoms with Crippen LogP contribution in [0.15, 0.2) is 16.3 Å². The molecule has 0 atom stereocenters. The molecule has 20 heavy (non-hydrogen) atoms. The predicted molar refractivity (Wildman–Crippen MR) is 89.1 cm³/mol. The fraction of sp³-hybridized carbons (Fsp3) is 0.692. The maximum absolute atomic E-state index is 12.3. The monoisotopic (exact) mass is 336 g/mol. The number of thiophene rings is 1. The Morgan fingerprint density at radius 2 is 2.00 bits per heavy atom. The molecule has 1 aromatic rings. The maximum Gasteiger partial charge on any atom is 0.241 e. The molecule has 4 nitrogen and oxygen atoms in total. The van der Waals surface area contributed by atoms with Gasteiger partial charge < -0.3 is 5.32 Å². The van der Waals surface area contributed by atoms with Crippen LogP contribution in [0.25, 0.3) is 0 Å². The highest BCUT2D eigenvalue weighted by Crippen LogP contribution is 2.30. The molecule has 0 unspecified atom stereocenters. The van der Waals surface area contributed by atoms with Gasteiger partial charge in [-0.25, -0.2) is 13.1 Å². The van der Waals surface area contributed by atoms with Crippen molar-refractivity contribution in [3.05, 3.63) is 16.3 Å². The first-order valence-corrected chi connectivity index (χ1v) is 10.3. The lowest BCUT2D eigenvalue weighted by atomic mass is 10.0. The van der Waals surface area contributed by atoms with Crippen molar-refractivity contribution in [1.82, 2.24) is 10.0 Å². The number of thioether (sulfide) groups is 1. The molecule has 0 amide bonds. The summed E-state index contributed by atoms with van der Waals surface area (Å²) in [6.45, 7) is 5.37. The van der Waals surface area contributed by atoms with Crippen molar-refractivity contribution in [3.8, 4) is 0 Å². The summed E-state index contributed by atoms with van der Waals surface area (Å²) < 4.78 is 27.4. The van der Waals surface area contributed by atoms with Gasteiger partial charge in [-0.3, -0.25) is 0 Å². The fourth-order valence-corrected chi connectivity index (χ4v) is 5.24. The van der Waals surface area contributed by atoms with Gasteiger partial charge in [0, 0.05) is 28.1 Å². The molecule has 7 heteroatoms. The SMILES string of the molecule is CCC(CC)(CNS(=O)(=O)c1csc(CNC)c1)SC. The van der Waals surface area contributed by atoms with Crippen molar-refractivity contribution >= 4 is 33.1 Å². The minimum Gasteiger partial charge on any atom is -0.315 e. The molecule has 1 aromatic heterocycles. The first kappa shape index (κ1) is 18.0. The summed E-state index contributed by atoms with van der Waals surface area (Å²) in [4.78, 5) is 1.39. The van der Waals surface area contributed by atoms with Gasteiger partial charge in [-0.15, -0.1) is 11.3 Å². The van der Waals surface area contributed by atoms with Gasteiger partial charge in [0.05, 0.1) is 4.90 Å². The van der Waals surface area contributed by atoms with Crippen molar-refractivity contribution in [2.24, 2.45) is 0 Å². The summed E-state index contributed by atoms with van der Waals surface area (Å²) >= 11 is 3.20. The van der Waals surface area contributed by atoms with Crippen LogP contribution < -0.4 is 10.0 Å². The molecule has 0 aliphatic carbocycles. The average Bonchev–Trinajstić information content (AvgIpc) is 2.91. The molecule has 0 fully saturated rings. The molecule has 0 spiro atoms. The van der Waals surface area contributed by atoms with E-state index in [0.717, 1.165) is 17.7 Å². The Morgan fingerprint density at radius 3 is 2.50 bits per heavy atom.